The normalized spacial score (nSPS) is 15.8. The molecule has 1 aliphatic heterocycles. The zero-order valence-corrected chi connectivity index (χ0v) is 22.9. The van der Waals surface area contributed by atoms with Gasteiger partial charge in [-0.2, -0.15) is 13.2 Å². The molecule has 0 unspecified atom stereocenters. The number of amides is 1. The van der Waals surface area contributed by atoms with Crippen molar-refractivity contribution in [1.29, 1.82) is 0 Å². The van der Waals surface area contributed by atoms with Crippen molar-refractivity contribution in [3.8, 4) is 0 Å². The Hall–Kier alpha value is -3.70. The summed E-state index contributed by atoms with van der Waals surface area (Å²) in [5, 5.41) is 11.0. The van der Waals surface area contributed by atoms with Crippen molar-refractivity contribution in [2.45, 2.75) is 49.8 Å². The van der Waals surface area contributed by atoms with Crippen LogP contribution in [0.1, 0.15) is 46.8 Å². The number of carbonyl (C=O) groups is 1. The molecule has 0 aromatic heterocycles. The monoisotopic (exact) mass is 573 g/mol. The van der Waals surface area contributed by atoms with Crippen LogP contribution < -0.4 is 4.72 Å². The van der Waals surface area contributed by atoms with Crippen LogP contribution in [0.25, 0.3) is 0 Å². The van der Waals surface area contributed by atoms with Crippen molar-refractivity contribution in [2.75, 3.05) is 17.8 Å². The molecule has 0 spiro atoms. The molecule has 0 bridgehead atoms. The summed E-state index contributed by atoms with van der Waals surface area (Å²) in [5.74, 6) is -0.284. The van der Waals surface area contributed by atoms with Crippen molar-refractivity contribution >= 4 is 33.5 Å². The molecule has 11 heteroatoms. The van der Waals surface area contributed by atoms with E-state index in [4.69, 9.17) is 0 Å². The number of aliphatic imine (C=N–C) groups is 1. The molecule has 40 heavy (non-hydrogen) atoms. The molecule has 0 saturated carbocycles. The molecule has 3 aromatic rings. The summed E-state index contributed by atoms with van der Waals surface area (Å²) in [7, 11) is -3.94. The van der Waals surface area contributed by atoms with E-state index < -0.39 is 27.4 Å². The molecular formula is C29H30F3N3O4S. The molecule has 1 heterocycles. The second-order valence-corrected chi connectivity index (χ2v) is 11.5. The van der Waals surface area contributed by atoms with Crippen LogP contribution in [0.2, 0.25) is 0 Å². The van der Waals surface area contributed by atoms with Gasteiger partial charge in [0.15, 0.2) is 0 Å². The van der Waals surface area contributed by atoms with Gasteiger partial charge in [0.05, 0.1) is 16.9 Å². The predicted molar refractivity (Wildman–Crippen MR) is 147 cm³/mol. The summed E-state index contributed by atoms with van der Waals surface area (Å²) in [6.07, 6.45) is -2.46. The van der Waals surface area contributed by atoms with Crippen LogP contribution in [0.15, 0.2) is 76.6 Å². The molecule has 212 valence electrons. The molecule has 1 amide bonds. The van der Waals surface area contributed by atoms with E-state index in [-0.39, 0.29) is 48.8 Å². The van der Waals surface area contributed by atoms with E-state index in [2.05, 4.69) is 9.71 Å². The van der Waals surface area contributed by atoms with Crippen molar-refractivity contribution in [1.82, 2.24) is 4.90 Å². The molecule has 0 radical (unpaired) electrons. The summed E-state index contributed by atoms with van der Waals surface area (Å²) in [6, 6.07) is 15.8. The summed E-state index contributed by atoms with van der Waals surface area (Å²) < 4.78 is 67.7. The second-order valence-electron chi connectivity index (χ2n) is 9.88. The lowest BCUT2D eigenvalue weighted by atomic mass is 9.85. The Morgan fingerprint density at radius 2 is 1.73 bits per heavy atom. The number of aryl methyl sites for hydroxylation is 1. The first-order valence-electron chi connectivity index (χ1n) is 12.7. The zero-order valence-electron chi connectivity index (χ0n) is 22.1. The summed E-state index contributed by atoms with van der Waals surface area (Å²) in [4.78, 5) is 18.9. The Kier molecular flexibility index (Phi) is 8.36. The van der Waals surface area contributed by atoms with Crippen LogP contribution in [0.4, 0.5) is 24.5 Å². The summed E-state index contributed by atoms with van der Waals surface area (Å²) >= 11 is 0. The highest BCUT2D eigenvalue weighted by molar-refractivity contribution is 7.92. The summed E-state index contributed by atoms with van der Waals surface area (Å²) in [5.41, 5.74) is 0.0824. The Balaban J connectivity index is 1.39. The van der Waals surface area contributed by atoms with Crippen LogP contribution in [0, 0.1) is 6.92 Å². The van der Waals surface area contributed by atoms with E-state index in [9.17, 15) is 31.5 Å². The molecule has 1 saturated heterocycles. The van der Waals surface area contributed by atoms with Crippen LogP contribution in [-0.2, 0) is 22.6 Å². The first-order valence-corrected chi connectivity index (χ1v) is 14.2. The number of likely N-dealkylation sites (tertiary alicyclic amines) is 1. The number of para-hydroxylation sites is 1. The maximum Gasteiger partial charge on any atom is 0.416 e. The lowest BCUT2D eigenvalue weighted by Crippen LogP contribution is -2.47. The van der Waals surface area contributed by atoms with Gasteiger partial charge in [0, 0.05) is 37.0 Å². The number of carbonyl (C=O) groups excluding carboxylic acids is 1. The van der Waals surface area contributed by atoms with Crippen molar-refractivity contribution < 1.29 is 31.5 Å². The minimum atomic E-state index is -4.46. The lowest BCUT2D eigenvalue weighted by Gasteiger charge is -2.38. The van der Waals surface area contributed by atoms with Crippen LogP contribution in [0.3, 0.4) is 0 Å². The molecule has 0 aliphatic carbocycles. The Morgan fingerprint density at radius 3 is 2.35 bits per heavy atom. The number of hydrogen-bond donors (Lipinski definition) is 2. The Morgan fingerprint density at radius 1 is 1.07 bits per heavy atom. The SMILES string of the molecule is CC=Nc1c(C)cccc1S(=O)(=O)Nc1ccc(C(=O)N2CCC(O)(Cc3cccc(C(F)(F)F)c3)CC2)cc1. The third-order valence-corrected chi connectivity index (χ3v) is 8.31. The minimum Gasteiger partial charge on any atom is -0.389 e. The smallest absolute Gasteiger partial charge is 0.389 e. The van der Waals surface area contributed by atoms with Crippen LogP contribution in [0.5, 0.6) is 0 Å². The van der Waals surface area contributed by atoms with Gasteiger partial charge in [-0.3, -0.25) is 14.5 Å². The number of alkyl halides is 3. The van der Waals surface area contributed by atoms with Gasteiger partial charge in [0.1, 0.15) is 4.90 Å². The largest absolute Gasteiger partial charge is 0.416 e. The lowest BCUT2D eigenvalue weighted by molar-refractivity contribution is -0.137. The number of hydrogen-bond acceptors (Lipinski definition) is 5. The van der Waals surface area contributed by atoms with Gasteiger partial charge in [0.2, 0.25) is 0 Å². The number of nitrogens with zero attached hydrogens (tertiary/aromatic N) is 2. The van der Waals surface area contributed by atoms with E-state index in [1.807, 2.05) is 0 Å². The van der Waals surface area contributed by atoms with Crippen molar-refractivity contribution in [3.63, 3.8) is 0 Å². The molecule has 4 rings (SSSR count). The topological polar surface area (TPSA) is 99.1 Å². The van der Waals surface area contributed by atoms with Gasteiger partial charge >= 0.3 is 6.18 Å². The number of anilines is 1. The highest BCUT2D eigenvalue weighted by Gasteiger charge is 2.36. The predicted octanol–water partition coefficient (Wildman–Crippen LogP) is 5.75. The first-order chi connectivity index (χ1) is 18.8. The number of nitrogens with one attached hydrogen (secondary N) is 1. The van der Waals surface area contributed by atoms with E-state index in [0.29, 0.717) is 22.4 Å². The fraction of sp³-hybridized carbons (Fsp3) is 0.310. The number of aliphatic hydroxyl groups is 1. The van der Waals surface area contributed by atoms with E-state index in [1.165, 1.54) is 42.6 Å². The van der Waals surface area contributed by atoms with Gasteiger partial charge in [0.25, 0.3) is 15.9 Å². The summed E-state index contributed by atoms with van der Waals surface area (Å²) in [6.45, 7) is 3.94. The quantitative estimate of drug-likeness (QED) is 0.352. The first kappa shape index (κ1) is 29.3. The fourth-order valence-corrected chi connectivity index (χ4v) is 6.04. The van der Waals surface area contributed by atoms with Gasteiger partial charge < -0.3 is 10.0 Å². The molecule has 0 atom stereocenters. The van der Waals surface area contributed by atoms with Crippen molar-refractivity contribution in [2.24, 2.45) is 4.99 Å². The van der Waals surface area contributed by atoms with Crippen molar-refractivity contribution in [3.05, 3.63) is 89.0 Å². The highest BCUT2D eigenvalue weighted by Crippen LogP contribution is 2.33. The van der Waals surface area contributed by atoms with E-state index >= 15 is 0 Å². The third-order valence-electron chi connectivity index (χ3n) is 6.90. The fourth-order valence-electron chi connectivity index (χ4n) is 4.76. The maximum atomic E-state index is 13.1. The van der Waals surface area contributed by atoms with Crippen LogP contribution >= 0.6 is 0 Å². The Bertz CT molecular complexity index is 1510. The number of halogens is 3. The number of benzene rings is 3. The third kappa shape index (κ3) is 6.71. The Labute approximate surface area is 231 Å². The van der Waals surface area contributed by atoms with Gasteiger partial charge in [-0.25, -0.2) is 8.42 Å². The average molecular weight is 574 g/mol. The number of sulfonamides is 1. The van der Waals surface area contributed by atoms with E-state index in [0.717, 1.165) is 12.1 Å². The molecule has 2 N–H and O–H groups in total. The molecule has 1 aliphatic rings. The van der Waals surface area contributed by atoms with Gasteiger partial charge in [-0.15, -0.1) is 0 Å². The number of piperidine rings is 1. The average Bonchev–Trinajstić information content (AvgIpc) is 2.89. The molecule has 1 fully saturated rings. The van der Waals surface area contributed by atoms with Gasteiger partial charge in [-0.05, 0) is 74.2 Å². The standard InChI is InChI=1S/C29H30F3N3O4S/c1-3-33-26-20(2)6-4-9-25(26)40(38,39)34-24-12-10-22(11-13-24)27(36)35-16-14-28(37,15-17-35)19-21-7-5-8-23(18-21)29(30,31)32/h3-13,18,34,37H,14-17,19H2,1-2H3. The zero-order chi connectivity index (χ0) is 29.1. The van der Waals surface area contributed by atoms with E-state index in [1.54, 1.807) is 36.9 Å². The van der Waals surface area contributed by atoms with Gasteiger partial charge in [-0.1, -0.05) is 30.3 Å². The second kappa shape index (κ2) is 11.4. The number of rotatable bonds is 7. The maximum absolute atomic E-state index is 13.1. The minimum absolute atomic E-state index is 0.0386. The molecule has 7 nitrogen and oxygen atoms in total. The van der Waals surface area contributed by atoms with Crippen LogP contribution in [-0.4, -0.2) is 49.2 Å². The highest BCUT2D eigenvalue weighted by atomic mass is 32.2. The molecular weight excluding hydrogens is 543 g/mol. The molecule has 3 aromatic carbocycles.